The summed E-state index contributed by atoms with van der Waals surface area (Å²) in [5.74, 6) is -0.814. The zero-order valence-corrected chi connectivity index (χ0v) is 18.1. The lowest BCUT2D eigenvalue weighted by atomic mass is 10.3. The molecule has 0 aromatic carbocycles. The van der Waals surface area contributed by atoms with E-state index < -0.39 is 5.91 Å². The predicted octanol–water partition coefficient (Wildman–Crippen LogP) is 0.693. The van der Waals surface area contributed by atoms with Gasteiger partial charge in [0, 0.05) is 18.8 Å². The lowest BCUT2D eigenvalue weighted by Gasteiger charge is -2.06. The number of carbonyl (C=O) groups is 3. The van der Waals surface area contributed by atoms with E-state index in [4.69, 9.17) is 15.2 Å². The summed E-state index contributed by atoms with van der Waals surface area (Å²) in [6, 6.07) is 0. The molecule has 0 aliphatic rings. The predicted molar refractivity (Wildman–Crippen MR) is 112 cm³/mol. The molecule has 0 rings (SSSR count). The molecule has 9 heteroatoms. The van der Waals surface area contributed by atoms with Crippen molar-refractivity contribution in [3.63, 3.8) is 0 Å². The molecule has 3 amide bonds. The molecule has 0 aromatic rings. The number of unbranched alkanes of at least 4 members (excludes halogenated alkanes) is 1. The van der Waals surface area contributed by atoms with E-state index in [-0.39, 0.29) is 25.7 Å². The molecule has 0 aliphatic heterocycles. The summed E-state index contributed by atoms with van der Waals surface area (Å²) in [5, 5.41) is 8.05. The van der Waals surface area contributed by atoms with Crippen molar-refractivity contribution in [2.45, 2.75) is 47.5 Å². The average molecular weight is 405 g/mol. The molecule has 28 heavy (non-hydrogen) atoms. The van der Waals surface area contributed by atoms with Crippen LogP contribution in [0, 0.1) is 0 Å². The van der Waals surface area contributed by atoms with Gasteiger partial charge in [0.25, 0.3) is 0 Å². The van der Waals surface area contributed by atoms with E-state index in [1.54, 1.807) is 0 Å². The fraction of sp³-hybridized carbons (Fsp3) is 0.737. The molecule has 5 N–H and O–H groups in total. The van der Waals surface area contributed by atoms with Crippen molar-refractivity contribution in [1.29, 1.82) is 0 Å². The van der Waals surface area contributed by atoms with Crippen LogP contribution < -0.4 is 21.7 Å². The van der Waals surface area contributed by atoms with Gasteiger partial charge in [-0.1, -0.05) is 33.3 Å². The van der Waals surface area contributed by atoms with E-state index in [0.29, 0.717) is 26.2 Å². The molecule has 0 aromatic heterocycles. The smallest absolute Gasteiger partial charge is 0.243 e. The number of carbonyl (C=O) groups excluding carboxylic acids is 3. The first-order chi connectivity index (χ1) is 13.5. The minimum absolute atomic E-state index is 0.0504. The number of allylic oxidation sites excluding steroid dienone is 2. The van der Waals surface area contributed by atoms with E-state index in [1.807, 2.05) is 20.8 Å². The van der Waals surface area contributed by atoms with Gasteiger partial charge in [-0.3, -0.25) is 14.4 Å². The average Bonchev–Trinajstić information content (AvgIpc) is 2.70. The van der Waals surface area contributed by atoms with Crippen molar-refractivity contribution >= 4 is 18.2 Å². The second-order valence-corrected chi connectivity index (χ2v) is 5.23. The van der Waals surface area contributed by atoms with Gasteiger partial charge in [-0.05, 0) is 20.3 Å². The third-order valence-corrected chi connectivity index (χ3v) is 2.90. The maximum Gasteiger partial charge on any atom is 0.243 e. The number of rotatable bonds is 15. The molecule has 0 bridgehead atoms. The van der Waals surface area contributed by atoms with Crippen LogP contribution in [0.15, 0.2) is 11.8 Å². The largest absolute Gasteiger partial charge is 0.389 e. The molecule has 166 valence electrons. The minimum atomic E-state index is -0.528. The molecule has 0 fully saturated rings. The highest BCUT2D eigenvalue weighted by molar-refractivity contribution is 5.79. The lowest BCUT2D eigenvalue weighted by Crippen LogP contribution is -2.35. The maximum atomic E-state index is 10.9. The van der Waals surface area contributed by atoms with E-state index in [2.05, 4.69) is 35.9 Å². The Hall–Kier alpha value is -2.13. The molecule has 9 nitrogen and oxygen atoms in total. The lowest BCUT2D eigenvalue weighted by molar-refractivity contribution is -0.123. The van der Waals surface area contributed by atoms with Crippen LogP contribution in [-0.2, 0) is 23.9 Å². The Morgan fingerprint density at radius 3 is 2.21 bits per heavy atom. The van der Waals surface area contributed by atoms with Crippen LogP contribution in [0.3, 0.4) is 0 Å². The zero-order valence-electron chi connectivity index (χ0n) is 18.1. The van der Waals surface area contributed by atoms with Crippen LogP contribution in [0.1, 0.15) is 47.5 Å². The van der Waals surface area contributed by atoms with Crippen LogP contribution in [-0.4, -0.2) is 64.3 Å². The van der Waals surface area contributed by atoms with Crippen molar-refractivity contribution in [3.05, 3.63) is 11.8 Å². The normalized spacial score (nSPS) is 9.82. The summed E-state index contributed by atoms with van der Waals surface area (Å²) in [6.07, 6.45) is 5.08. The van der Waals surface area contributed by atoms with E-state index >= 15 is 0 Å². The molecule has 0 atom stereocenters. The van der Waals surface area contributed by atoms with Crippen molar-refractivity contribution in [1.82, 2.24) is 16.0 Å². The van der Waals surface area contributed by atoms with Gasteiger partial charge in [0.15, 0.2) is 0 Å². The standard InChI is InChI=1S/C9H17N3O5.C8H17N.C2H6/c10-8(14)6-17-4-3-16-2-1-12-9(15)5-11-7-13;1-4-6-7-9-8(3)5-2;1-2/h7H,1-6H2,(H2,10,14)(H,11,13)(H,12,15);5,9H,4,6-7H2,1-3H3;1-2H3/b;8-5-;. The molecule has 0 saturated heterocycles. The molecule has 0 radical (unpaired) electrons. The minimum Gasteiger partial charge on any atom is -0.389 e. The fourth-order valence-electron chi connectivity index (χ4n) is 1.42. The van der Waals surface area contributed by atoms with E-state index in [1.165, 1.54) is 18.5 Å². The van der Waals surface area contributed by atoms with Crippen LogP contribution >= 0.6 is 0 Å². The SMILES string of the molecule is C/C=C(/C)NCCCC.CC.NC(=O)COCCOCCNC(=O)CNC=O. The third-order valence-electron chi connectivity index (χ3n) is 2.90. The number of hydrogen-bond donors (Lipinski definition) is 4. The number of amides is 3. The first kappa shape index (κ1) is 30.6. The van der Waals surface area contributed by atoms with Gasteiger partial charge in [0.1, 0.15) is 6.61 Å². The molecular weight excluding hydrogens is 364 g/mol. The van der Waals surface area contributed by atoms with Gasteiger partial charge < -0.3 is 31.2 Å². The first-order valence-electron chi connectivity index (χ1n) is 9.72. The Kier molecular flexibility index (Phi) is 29.6. The van der Waals surface area contributed by atoms with Gasteiger partial charge in [-0.15, -0.1) is 0 Å². The summed E-state index contributed by atoms with van der Waals surface area (Å²) in [6.45, 7) is 12.5. The van der Waals surface area contributed by atoms with Crippen molar-refractivity contribution in [3.8, 4) is 0 Å². The van der Waals surface area contributed by atoms with Crippen molar-refractivity contribution in [2.75, 3.05) is 46.1 Å². The number of hydrogen-bond acceptors (Lipinski definition) is 6. The van der Waals surface area contributed by atoms with Crippen LogP contribution in [0.2, 0.25) is 0 Å². The maximum absolute atomic E-state index is 10.9. The zero-order chi connectivity index (χ0) is 22.0. The summed E-state index contributed by atoms with van der Waals surface area (Å²) >= 11 is 0. The van der Waals surface area contributed by atoms with E-state index in [0.717, 1.165) is 6.54 Å². The fourth-order valence-corrected chi connectivity index (χ4v) is 1.42. The molecule has 0 spiro atoms. The van der Waals surface area contributed by atoms with Crippen molar-refractivity contribution < 1.29 is 23.9 Å². The number of nitrogens with one attached hydrogen (secondary N) is 3. The van der Waals surface area contributed by atoms with E-state index in [9.17, 15) is 14.4 Å². The van der Waals surface area contributed by atoms with Gasteiger partial charge in [0.05, 0.1) is 26.4 Å². The van der Waals surface area contributed by atoms with Crippen LogP contribution in [0.5, 0.6) is 0 Å². The van der Waals surface area contributed by atoms with Crippen LogP contribution in [0.4, 0.5) is 0 Å². The van der Waals surface area contributed by atoms with Gasteiger partial charge >= 0.3 is 0 Å². The molecule has 0 unspecified atom stereocenters. The number of primary amides is 1. The van der Waals surface area contributed by atoms with Gasteiger partial charge in [0.2, 0.25) is 18.2 Å². The number of ether oxygens (including phenoxy) is 2. The first-order valence-corrected chi connectivity index (χ1v) is 9.72. The molecular formula is C19H40N4O5. The summed E-state index contributed by atoms with van der Waals surface area (Å²) in [5.41, 5.74) is 6.13. The Morgan fingerprint density at radius 2 is 1.68 bits per heavy atom. The third kappa shape index (κ3) is 31.6. The highest BCUT2D eigenvalue weighted by Gasteiger charge is 1.98. The second-order valence-electron chi connectivity index (χ2n) is 5.23. The Labute approximate surface area is 169 Å². The molecule has 0 saturated carbocycles. The monoisotopic (exact) mass is 404 g/mol. The summed E-state index contributed by atoms with van der Waals surface area (Å²) in [4.78, 5) is 31.1. The Bertz CT molecular complexity index is 404. The topological polar surface area (TPSA) is 132 Å². The van der Waals surface area contributed by atoms with Gasteiger partial charge in [-0.25, -0.2) is 0 Å². The highest BCUT2D eigenvalue weighted by Crippen LogP contribution is 1.87. The quantitative estimate of drug-likeness (QED) is 0.235. The molecule has 0 aliphatic carbocycles. The second kappa shape index (κ2) is 27.1. The summed E-state index contributed by atoms with van der Waals surface area (Å²) < 4.78 is 9.93. The summed E-state index contributed by atoms with van der Waals surface area (Å²) in [7, 11) is 0. The van der Waals surface area contributed by atoms with Crippen molar-refractivity contribution in [2.24, 2.45) is 5.73 Å². The van der Waals surface area contributed by atoms with Gasteiger partial charge in [-0.2, -0.15) is 0 Å². The highest BCUT2D eigenvalue weighted by atomic mass is 16.5. The Balaban J connectivity index is -0.000000479. The molecule has 0 heterocycles. The van der Waals surface area contributed by atoms with Crippen LogP contribution in [0.25, 0.3) is 0 Å². The number of nitrogens with two attached hydrogens (primary N) is 1. The Morgan fingerprint density at radius 1 is 1.04 bits per heavy atom.